The summed E-state index contributed by atoms with van der Waals surface area (Å²) >= 11 is 3.39. The number of ether oxygens (including phenoxy) is 1. The van der Waals surface area contributed by atoms with E-state index in [0.29, 0.717) is 15.9 Å². The number of nitrogens with one attached hydrogen (secondary N) is 2. The lowest BCUT2D eigenvalue weighted by molar-refractivity contribution is -0.139. The Morgan fingerprint density at radius 3 is 2.16 bits per heavy atom. The molecule has 4 aromatic carbocycles. The van der Waals surface area contributed by atoms with Crippen LogP contribution in [0.4, 0.5) is 5.69 Å². The third-order valence-electron chi connectivity index (χ3n) is 7.30. The van der Waals surface area contributed by atoms with Gasteiger partial charge in [-0.15, -0.1) is 0 Å². The summed E-state index contributed by atoms with van der Waals surface area (Å²) in [5.74, 6) is -0.608. The number of carbonyl (C=O) groups excluding carboxylic acids is 2. The molecule has 0 saturated heterocycles. The molecule has 0 fully saturated rings. The number of hydrogen-bond donors (Lipinski definition) is 3. The fraction of sp³-hybridized carbons (Fsp3) is 0.250. The smallest absolute Gasteiger partial charge is 0.326 e. The maximum atomic E-state index is 13.4. The number of amides is 2. The van der Waals surface area contributed by atoms with Gasteiger partial charge in [0.05, 0.1) is 11.3 Å². The first-order valence-electron chi connectivity index (χ1n) is 14.8. The first kappa shape index (κ1) is 32.5. The fourth-order valence-electron chi connectivity index (χ4n) is 5.05. The average Bonchev–Trinajstić information content (AvgIpc) is 3.02. The Hall–Kier alpha value is -4.43. The molecule has 4 aromatic rings. The number of carboxylic acids is 1. The quantitative estimate of drug-likeness (QED) is 0.126. The topological polar surface area (TPSA) is 105 Å². The predicted molar refractivity (Wildman–Crippen MR) is 177 cm³/mol. The van der Waals surface area contributed by atoms with E-state index in [9.17, 15) is 19.5 Å². The number of carboxylic acid groups (broad SMARTS) is 1. The van der Waals surface area contributed by atoms with E-state index < -0.39 is 17.9 Å². The van der Waals surface area contributed by atoms with Gasteiger partial charge in [-0.05, 0) is 60.4 Å². The summed E-state index contributed by atoms with van der Waals surface area (Å²) < 4.78 is 6.74. The van der Waals surface area contributed by atoms with E-state index >= 15 is 0 Å². The summed E-state index contributed by atoms with van der Waals surface area (Å²) in [6.45, 7) is 4.07. The Balaban J connectivity index is 1.49. The second-order valence-corrected chi connectivity index (χ2v) is 11.5. The molecular weight excluding hydrogens is 620 g/mol. The van der Waals surface area contributed by atoms with Gasteiger partial charge in [-0.1, -0.05) is 103 Å². The number of para-hydroxylation sites is 2. The van der Waals surface area contributed by atoms with Crippen LogP contribution in [0.15, 0.2) is 102 Å². The number of anilines is 1. The van der Waals surface area contributed by atoms with Crippen molar-refractivity contribution in [2.75, 3.05) is 5.32 Å². The molecule has 4 rings (SSSR count). The molecule has 0 aliphatic carbocycles. The second kappa shape index (κ2) is 15.9. The van der Waals surface area contributed by atoms with Crippen molar-refractivity contribution in [3.05, 3.63) is 113 Å². The second-order valence-electron chi connectivity index (χ2n) is 10.6. The number of halogens is 1. The summed E-state index contributed by atoms with van der Waals surface area (Å²) in [6, 6.07) is 28.6. The predicted octanol–water partition coefficient (Wildman–Crippen LogP) is 8.49. The van der Waals surface area contributed by atoms with E-state index in [1.807, 2.05) is 92.7 Å². The van der Waals surface area contributed by atoms with Crippen molar-refractivity contribution < 1.29 is 24.2 Å². The zero-order chi connectivity index (χ0) is 31.5. The van der Waals surface area contributed by atoms with Gasteiger partial charge in [0.2, 0.25) is 5.91 Å². The highest BCUT2D eigenvalue weighted by molar-refractivity contribution is 9.10. The molecule has 8 heteroatoms. The van der Waals surface area contributed by atoms with Crippen LogP contribution in [0.1, 0.15) is 55.5 Å². The molecule has 0 radical (unpaired) electrons. The van der Waals surface area contributed by atoms with Crippen LogP contribution >= 0.6 is 15.9 Å². The van der Waals surface area contributed by atoms with Crippen LogP contribution in [0.25, 0.3) is 11.1 Å². The lowest BCUT2D eigenvalue weighted by Crippen LogP contribution is -2.42. The highest BCUT2D eigenvalue weighted by atomic mass is 79.9. The van der Waals surface area contributed by atoms with Gasteiger partial charge < -0.3 is 20.5 Å². The standard InChI is InChI=1S/C36H37BrN2O5/c1-3-10-26(11-4-2)34(40)38-31-21-20-27(37)23-30(31)35(41)39-32(36(42)43)22-24-16-18-25(19-17-24)29-14-8-9-15-33(29)44-28-12-6-5-7-13-28/h5-9,12-21,23,26,32H,3-4,10-11,22H2,1-2H3,(H,38,40)(H,39,41)(H,42,43). The van der Waals surface area contributed by atoms with Crippen LogP contribution in [-0.4, -0.2) is 28.9 Å². The molecule has 1 atom stereocenters. The Labute approximate surface area is 266 Å². The summed E-state index contributed by atoms with van der Waals surface area (Å²) in [5.41, 5.74) is 3.09. The largest absolute Gasteiger partial charge is 0.480 e. The highest BCUT2D eigenvalue weighted by Gasteiger charge is 2.25. The van der Waals surface area contributed by atoms with Crippen LogP contribution in [0, 0.1) is 5.92 Å². The van der Waals surface area contributed by atoms with Crippen LogP contribution < -0.4 is 15.4 Å². The molecule has 7 nitrogen and oxygen atoms in total. The van der Waals surface area contributed by atoms with Crippen molar-refractivity contribution in [2.24, 2.45) is 5.92 Å². The molecule has 3 N–H and O–H groups in total. The zero-order valence-electron chi connectivity index (χ0n) is 24.9. The molecule has 0 bridgehead atoms. The molecule has 0 saturated carbocycles. The molecular formula is C36H37BrN2O5. The van der Waals surface area contributed by atoms with Crippen molar-refractivity contribution >= 4 is 39.4 Å². The van der Waals surface area contributed by atoms with E-state index in [-0.39, 0.29) is 23.8 Å². The summed E-state index contributed by atoms with van der Waals surface area (Å²) in [7, 11) is 0. The molecule has 0 spiro atoms. The molecule has 44 heavy (non-hydrogen) atoms. The van der Waals surface area contributed by atoms with Crippen molar-refractivity contribution in [1.29, 1.82) is 0 Å². The maximum Gasteiger partial charge on any atom is 0.326 e. The molecule has 1 unspecified atom stereocenters. The van der Waals surface area contributed by atoms with Crippen molar-refractivity contribution in [1.82, 2.24) is 5.32 Å². The van der Waals surface area contributed by atoms with E-state index in [1.54, 1.807) is 18.2 Å². The average molecular weight is 658 g/mol. The normalized spacial score (nSPS) is 11.5. The Bertz CT molecular complexity index is 1570. The van der Waals surface area contributed by atoms with Gasteiger partial charge in [-0.25, -0.2) is 4.79 Å². The van der Waals surface area contributed by atoms with Gasteiger partial charge in [-0.2, -0.15) is 0 Å². The van der Waals surface area contributed by atoms with Crippen molar-refractivity contribution in [3.8, 4) is 22.6 Å². The minimum atomic E-state index is -1.18. The molecule has 0 aliphatic rings. The third-order valence-corrected chi connectivity index (χ3v) is 7.79. The third kappa shape index (κ3) is 8.80. The van der Waals surface area contributed by atoms with E-state index in [2.05, 4.69) is 26.6 Å². The molecule has 228 valence electrons. The summed E-state index contributed by atoms with van der Waals surface area (Å²) in [4.78, 5) is 38.6. The summed E-state index contributed by atoms with van der Waals surface area (Å²) in [6.07, 6.45) is 3.34. The van der Waals surface area contributed by atoms with Crippen molar-refractivity contribution in [3.63, 3.8) is 0 Å². The van der Waals surface area contributed by atoms with Crippen LogP contribution in [0.2, 0.25) is 0 Å². The fourth-order valence-corrected chi connectivity index (χ4v) is 5.41. The van der Waals surface area contributed by atoms with Gasteiger partial charge in [0, 0.05) is 22.4 Å². The minimum Gasteiger partial charge on any atom is -0.480 e. The lowest BCUT2D eigenvalue weighted by atomic mass is 9.97. The Morgan fingerprint density at radius 1 is 0.841 bits per heavy atom. The lowest BCUT2D eigenvalue weighted by Gasteiger charge is -2.19. The Morgan fingerprint density at radius 2 is 1.50 bits per heavy atom. The maximum absolute atomic E-state index is 13.4. The Kier molecular flexibility index (Phi) is 11.7. The number of benzene rings is 4. The van der Waals surface area contributed by atoms with Crippen LogP contribution in [0.3, 0.4) is 0 Å². The molecule has 0 heterocycles. The number of rotatable bonds is 14. The minimum absolute atomic E-state index is 0.0777. The molecule has 2 amide bonds. The van der Waals surface area contributed by atoms with E-state index in [1.165, 1.54) is 0 Å². The number of aliphatic carboxylic acids is 1. The van der Waals surface area contributed by atoms with Gasteiger partial charge in [-0.3, -0.25) is 9.59 Å². The molecule has 0 aromatic heterocycles. The van der Waals surface area contributed by atoms with E-state index in [0.717, 1.165) is 48.1 Å². The van der Waals surface area contributed by atoms with Crippen LogP contribution in [-0.2, 0) is 16.0 Å². The zero-order valence-corrected chi connectivity index (χ0v) is 26.5. The van der Waals surface area contributed by atoms with Crippen molar-refractivity contribution in [2.45, 2.75) is 52.0 Å². The first-order chi connectivity index (χ1) is 21.3. The monoisotopic (exact) mass is 656 g/mol. The number of carbonyl (C=O) groups is 3. The van der Waals surface area contributed by atoms with Gasteiger partial charge in [0.1, 0.15) is 17.5 Å². The van der Waals surface area contributed by atoms with Gasteiger partial charge in [0.25, 0.3) is 5.91 Å². The first-order valence-corrected chi connectivity index (χ1v) is 15.6. The van der Waals surface area contributed by atoms with Crippen LogP contribution in [0.5, 0.6) is 11.5 Å². The number of hydrogen-bond acceptors (Lipinski definition) is 4. The summed E-state index contributed by atoms with van der Waals surface area (Å²) in [5, 5.41) is 15.5. The van der Waals surface area contributed by atoms with E-state index in [4.69, 9.17) is 4.74 Å². The highest BCUT2D eigenvalue weighted by Crippen LogP contribution is 2.33. The SMILES string of the molecule is CCCC(CCC)C(=O)Nc1ccc(Br)cc1C(=O)NC(Cc1ccc(-c2ccccc2Oc2ccccc2)cc1)C(=O)O. The van der Waals surface area contributed by atoms with Gasteiger partial charge in [0.15, 0.2) is 0 Å². The van der Waals surface area contributed by atoms with Gasteiger partial charge >= 0.3 is 5.97 Å². The molecule has 0 aliphatic heterocycles.